The van der Waals surface area contributed by atoms with Crippen molar-refractivity contribution >= 4 is 17.6 Å². The van der Waals surface area contributed by atoms with E-state index in [-0.39, 0.29) is 22.3 Å². The first-order valence-electron chi connectivity index (χ1n) is 4.75. The number of nitrogens with zero attached hydrogens (tertiary/aromatic N) is 2. The van der Waals surface area contributed by atoms with E-state index in [2.05, 4.69) is 9.97 Å². The number of carboxylic acid groups (broad SMARTS) is 1. The van der Waals surface area contributed by atoms with Gasteiger partial charge in [-0.1, -0.05) is 11.6 Å². The maximum atomic E-state index is 12.8. The van der Waals surface area contributed by atoms with Gasteiger partial charge in [0, 0.05) is 12.4 Å². The number of aromatic carboxylic acids is 1. The number of hydrogen-bond donors (Lipinski definition) is 1. The molecular formula is C11H6ClFN2O3. The van der Waals surface area contributed by atoms with Crippen LogP contribution in [0.2, 0.25) is 5.02 Å². The Kier molecular flexibility index (Phi) is 3.38. The Morgan fingerprint density at radius 3 is 2.72 bits per heavy atom. The van der Waals surface area contributed by atoms with Crippen LogP contribution in [0.1, 0.15) is 10.5 Å². The maximum absolute atomic E-state index is 12.8. The first kappa shape index (κ1) is 12.3. The Morgan fingerprint density at radius 2 is 2.06 bits per heavy atom. The summed E-state index contributed by atoms with van der Waals surface area (Å²) in [6.45, 7) is 0. The van der Waals surface area contributed by atoms with Gasteiger partial charge in [-0.3, -0.25) is 0 Å². The Bertz CT molecular complexity index is 607. The molecule has 0 fully saturated rings. The fraction of sp³-hybridized carbons (Fsp3) is 0. The minimum absolute atomic E-state index is 0.0111. The summed E-state index contributed by atoms with van der Waals surface area (Å²) in [7, 11) is 0. The molecule has 0 unspecified atom stereocenters. The summed E-state index contributed by atoms with van der Waals surface area (Å²) < 4.78 is 18.0. The van der Waals surface area contributed by atoms with Crippen molar-refractivity contribution in [2.24, 2.45) is 0 Å². The van der Waals surface area contributed by atoms with Crippen LogP contribution < -0.4 is 4.74 Å². The highest BCUT2D eigenvalue weighted by atomic mass is 35.5. The summed E-state index contributed by atoms with van der Waals surface area (Å²) in [6.07, 6.45) is 2.50. The van der Waals surface area contributed by atoms with Gasteiger partial charge in [-0.05, 0) is 18.2 Å². The van der Waals surface area contributed by atoms with Crippen LogP contribution in [0.5, 0.6) is 11.6 Å². The molecule has 1 aromatic heterocycles. The van der Waals surface area contributed by atoms with Gasteiger partial charge in [0.15, 0.2) is 0 Å². The van der Waals surface area contributed by atoms with Crippen molar-refractivity contribution in [1.29, 1.82) is 0 Å². The van der Waals surface area contributed by atoms with Crippen LogP contribution >= 0.6 is 11.6 Å². The predicted octanol–water partition coefficient (Wildman–Crippen LogP) is 2.76. The number of carbonyl (C=O) groups is 1. The second-order valence-corrected chi connectivity index (χ2v) is 3.60. The van der Waals surface area contributed by atoms with Crippen molar-refractivity contribution in [3.63, 3.8) is 0 Å². The molecule has 2 rings (SSSR count). The van der Waals surface area contributed by atoms with E-state index < -0.39 is 11.8 Å². The van der Waals surface area contributed by atoms with Crippen molar-refractivity contribution in [1.82, 2.24) is 9.97 Å². The number of halogens is 2. The normalized spacial score (nSPS) is 10.1. The standard InChI is InChI=1S/C11H6ClFN2O3/c12-7-5-6(13)1-2-8(7)18-10-9(11(16)17)14-3-4-15-10/h1-5H,(H,16,17). The SMILES string of the molecule is O=C(O)c1nccnc1Oc1ccc(F)cc1Cl. The summed E-state index contributed by atoms with van der Waals surface area (Å²) in [4.78, 5) is 18.2. The predicted molar refractivity (Wildman–Crippen MR) is 60.5 cm³/mol. The van der Waals surface area contributed by atoms with Gasteiger partial charge < -0.3 is 9.84 Å². The molecule has 1 heterocycles. The molecule has 0 atom stereocenters. The van der Waals surface area contributed by atoms with Gasteiger partial charge >= 0.3 is 5.97 Å². The Balaban J connectivity index is 2.37. The fourth-order valence-electron chi connectivity index (χ4n) is 1.21. The molecule has 2 aromatic rings. The number of ether oxygens (including phenoxy) is 1. The lowest BCUT2D eigenvalue weighted by Crippen LogP contribution is -2.04. The van der Waals surface area contributed by atoms with Gasteiger partial charge in [-0.25, -0.2) is 19.2 Å². The van der Waals surface area contributed by atoms with Crippen LogP contribution in [-0.2, 0) is 0 Å². The molecule has 1 aromatic carbocycles. The maximum Gasteiger partial charge on any atom is 0.360 e. The van der Waals surface area contributed by atoms with E-state index in [9.17, 15) is 9.18 Å². The molecule has 0 radical (unpaired) electrons. The molecule has 0 aliphatic heterocycles. The highest BCUT2D eigenvalue weighted by Crippen LogP contribution is 2.29. The zero-order chi connectivity index (χ0) is 13.1. The average molecular weight is 269 g/mol. The third-order valence-corrected chi connectivity index (χ3v) is 2.26. The lowest BCUT2D eigenvalue weighted by atomic mass is 10.3. The quantitative estimate of drug-likeness (QED) is 0.927. The third kappa shape index (κ3) is 2.54. The van der Waals surface area contributed by atoms with Crippen LogP contribution in [0.15, 0.2) is 30.6 Å². The second-order valence-electron chi connectivity index (χ2n) is 3.19. The number of carboxylic acids is 1. The second kappa shape index (κ2) is 4.97. The van der Waals surface area contributed by atoms with Crippen molar-refractivity contribution in [2.75, 3.05) is 0 Å². The van der Waals surface area contributed by atoms with Crippen molar-refractivity contribution < 1.29 is 19.0 Å². The molecule has 0 bridgehead atoms. The molecule has 5 nitrogen and oxygen atoms in total. The van der Waals surface area contributed by atoms with E-state index in [1.807, 2.05) is 0 Å². The molecule has 1 N–H and O–H groups in total. The Labute approximate surface area is 106 Å². The number of hydrogen-bond acceptors (Lipinski definition) is 4. The van der Waals surface area contributed by atoms with E-state index >= 15 is 0 Å². The van der Waals surface area contributed by atoms with Gasteiger partial charge in [0.2, 0.25) is 5.69 Å². The topological polar surface area (TPSA) is 72.3 Å². The monoisotopic (exact) mass is 268 g/mol. The van der Waals surface area contributed by atoms with Crippen LogP contribution in [0.25, 0.3) is 0 Å². The van der Waals surface area contributed by atoms with Crippen LogP contribution in [-0.4, -0.2) is 21.0 Å². The molecule has 92 valence electrons. The lowest BCUT2D eigenvalue weighted by Gasteiger charge is -2.07. The summed E-state index contributed by atoms with van der Waals surface area (Å²) in [5, 5.41) is 8.89. The van der Waals surface area contributed by atoms with Gasteiger partial charge in [-0.15, -0.1) is 0 Å². The number of benzene rings is 1. The average Bonchev–Trinajstić information content (AvgIpc) is 2.33. The zero-order valence-corrected chi connectivity index (χ0v) is 9.56. The number of aromatic nitrogens is 2. The Hall–Kier alpha value is -2.21. The summed E-state index contributed by atoms with van der Waals surface area (Å²) >= 11 is 5.75. The van der Waals surface area contributed by atoms with Gasteiger partial charge in [0.25, 0.3) is 5.88 Å². The van der Waals surface area contributed by atoms with Crippen molar-refractivity contribution in [3.8, 4) is 11.6 Å². The smallest absolute Gasteiger partial charge is 0.360 e. The molecule has 0 saturated carbocycles. The third-order valence-electron chi connectivity index (χ3n) is 1.97. The largest absolute Gasteiger partial charge is 0.476 e. The molecule has 0 aliphatic carbocycles. The summed E-state index contributed by atoms with van der Waals surface area (Å²) in [5.74, 6) is -1.92. The molecule has 0 spiro atoms. The van der Waals surface area contributed by atoms with Crippen LogP contribution in [0.4, 0.5) is 4.39 Å². The molecule has 18 heavy (non-hydrogen) atoms. The molecule has 0 amide bonds. The minimum Gasteiger partial charge on any atom is -0.476 e. The van der Waals surface area contributed by atoms with E-state index in [1.54, 1.807) is 0 Å². The molecule has 0 aliphatic rings. The van der Waals surface area contributed by atoms with Crippen LogP contribution in [0, 0.1) is 5.82 Å². The van der Waals surface area contributed by atoms with E-state index in [4.69, 9.17) is 21.4 Å². The van der Waals surface area contributed by atoms with Gasteiger partial charge in [-0.2, -0.15) is 0 Å². The minimum atomic E-state index is -1.28. The molecular weight excluding hydrogens is 263 g/mol. The van der Waals surface area contributed by atoms with Gasteiger partial charge in [0.1, 0.15) is 11.6 Å². The fourth-order valence-corrected chi connectivity index (χ4v) is 1.41. The van der Waals surface area contributed by atoms with Crippen molar-refractivity contribution in [2.45, 2.75) is 0 Å². The van der Waals surface area contributed by atoms with E-state index in [0.29, 0.717) is 0 Å². The summed E-state index contributed by atoms with van der Waals surface area (Å²) in [6, 6.07) is 3.46. The molecule has 0 saturated heterocycles. The van der Waals surface area contributed by atoms with Gasteiger partial charge in [0.05, 0.1) is 5.02 Å². The highest BCUT2D eigenvalue weighted by Gasteiger charge is 2.16. The molecule has 7 heteroatoms. The zero-order valence-electron chi connectivity index (χ0n) is 8.80. The highest BCUT2D eigenvalue weighted by molar-refractivity contribution is 6.32. The van der Waals surface area contributed by atoms with E-state index in [1.165, 1.54) is 18.5 Å². The number of rotatable bonds is 3. The lowest BCUT2D eigenvalue weighted by molar-refractivity contribution is 0.0686. The van der Waals surface area contributed by atoms with Crippen LogP contribution in [0.3, 0.4) is 0 Å². The van der Waals surface area contributed by atoms with E-state index in [0.717, 1.165) is 12.1 Å². The van der Waals surface area contributed by atoms with Crippen molar-refractivity contribution in [3.05, 3.63) is 47.1 Å². The first-order valence-corrected chi connectivity index (χ1v) is 5.13. The Morgan fingerprint density at radius 1 is 1.33 bits per heavy atom. The first-order chi connectivity index (χ1) is 8.58. The summed E-state index contributed by atoms with van der Waals surface area (Å²) in [5.41, 5.74) is -0.349.